The third-order valence-corrected chi connectivity index (χ3v) is 2.50. The van der Waals surface area contributed by atoms with E-state index in [2.05, 4.69) is 15.9 Å². The molecule has 0 aromatic heterocycles. The molecule has 1 atom stereocenters. The van der Waals surface area contributed by atoms with E-state index in [-0.39, 0.29) is 0 Å². The summed E-state index contributed by atoms with van der Waals surface area (Å²) in [6.45, 7) is -1.03. The third-order valence-electron chi connectivity index (χ3n) is 2.01. The molecule has 1 aromatic rings. The fourth-order valence-electron chi connectivity index (χ4n) is 1.07. The lowest BCUT2D eigenvalue weighted by molar-refractivity contribution is -0.201. The number of aliphatic hydroxyl groups is 1. The monoisotopic (exact) mass is 329 g/mol. The number of amides is 1. The van der Waals surface area contributed by atoms with Gasteiger partial charge in [0.05, 0.1) is 12.1 Å². The van der Waals surface area contributed by atoms with Crippen molar-refractivity contribution in [1.29, 1.82) is 0 Å². The standard InChI is InChI=1S/C10H8BrF4NO2/c11-5-1-2-6(7(12)3-5)9(18)16-4-8(17)10(13,14)15/h1-3,8,17H,4H2,(H,16,18). The number of nitrogens with one attached hydrogen (secondary N) is 1. The first-order valence-corrected chi connectivity index (χ1v) is 5.49. The first-order valence-electron chi connectivity index (χ1n) is 4.70. The van der Waals surface area contributed by atoms with Crippen LogP contribution < -0.4 is 5.32 Å². The van der Waals surface area contributed by atoms with Gasteiger partial charge in [-0.25, -0.2) is 4.39 Å². The Morgan fingerprint density at radius 2 is 2.06 bits per heavy atom. The molecule has 0 heterocycles. The highest BCUT2D eigenvalue weighted by Gasteiger charge is 2.38. The second kappa shape index (κ2) is 5.66. The van der Waals surface area contributed by atoms with Crippen LogP contribution in [0, 0.1) is 5.82 Å². The van der Waals surface area contributed by atoms with E-state index in [1.54, 1.807) is 5.32 Å². The van der Waals surface area contributed by atoms with Gasteiger partial charge in [0.25, 0.3) is 5.91 Å². The van der Waals surface area contributed by atoms with E-state index in [1.807, 2.05) is 0 Å². The SMILES string of the molecule is O=C(NCC(O)C(F)(F)F)c1ccc(Br)cc1F. The molecule has 0 fully saturated rings. The Morgan fingerprint density at radius 3 is 2.56 bits per heavy atom. The predicted octanol–water partition coefficient (Wildman–Crippen LogP) is 2.24. The normalized spacial score (nSPS) is 13.2. The van der Waals surface area contributed by atoms with Gasteiger partial charge in [-0.3, -0.25) is 4.79 Å². The molecule has 0 radical (unpaired) electrons. The number of aliphatic hydroxyl groups excluding tert-OH is 1. The van der Waals surface area contributed by atoms with Crippen molar-refractivity contribution in [3.63, 3.8) is 0 Å². The van der Waals surface area contributed by atoms with Crippen molar-refractivity contribution in [2.24, 2.45) is 0 Å². The lowest BCUT2D eigenvalue weighted by Crippen LogP contribution is -2.40. The van der Waals surface area contributed by atoms with Gasteiger partial charge in [0.2, 0.25) is 0 Å². The Morgan fingerprint density at radius 1 is 1.44 bits per heavy atom. The minimum Gasteiger partial charge on any atom is -0.382 e. The maximum atomic E-state index is 13.3. The molecule has 0 aliphatic rings. The van der Waals surface area contributed by atoms with Crippen LogP contribution in [0.4, 0.5) is 17.6 Å². The predicted molar refractivity (Wildman–Crippen MR) is 58.5 cm³/mol. The molecule has 8 heteroatoms. The van der Waals surface area contributed by atoms with E-state index in [1.165, 1.54) is 6.07 Å². The van der Waals surface area contributed by atoms with E-state index in [4.69, 9.17) is 5.11 Å². The van der Waals surface area contributed by atoms with E-state index in [9.17, 15) is 22.4 Å². The van der Waals surface area contributed by atoms with Crippen molar-refractivity contribution in [2.45, 2.75) is 12.3 Å². The van der Waals surface area contributed by atoms with Gasteiger partial charge in [0.15, 0.2) is 6.10 Å². The van der Waals surface area contributed by atoms with Crippen molar-refractivity contribution in [3.8, 4) is 0 Å². The minimum absolute atomic E-state index is 0.395. The van der Waals surface area contributed by atoms with Gasteiger partial charge in [-0.1, -0.05) is 15.9 Å². The van der Waals surface area contributed by atoms with Crippen LogP contribution in [-0.4, -0.2) is 29.8 Å². The zero-order valence-corrected chi connectivity index (χ0v) is 10.3. The summed E-state index contributed by atoms with van der Waals surface area (Å²) in [5, 5.41) is 10.5. The fraction of sp³-hybridized carbons (Fsp3) is 0.300. The van der Waals surface area contributed by atoms with Crippen LogP contribution >= 0.6 is 15.9 Å². The topological polar surface area (TPSA) is 49.3 Å². The van der Waals surface area contributed by atoms with Crippen molar-refractivity contribution in [2.75, 3.05) is 6.54 Å². The van der Waals surface area contributed by atoms with Gasteiger partial charge >= 0.3 is 6.18 Å². The summed E-state index contributed by atoms with van der Waals surface area (Å²) < 4.78 is 49.5. The fourth-order valence-corrected chi connectivity index (χ4v) is 1.41. The molecule has 0 aliphatic carbocycles. The number of hydrogen-bond acceptors (Lipinski definition) is 2. The summed E-state index contributed by atoms with van der Waals surface area (Å²) in [5.41, 5.74) is -0.396. The van der Waals surface area contributed by atoms with Crippen LogP contribution in [-0.2, 0) is 0 Å². The van der Waals surface area contributed by atoms with Gasteiger partial charge < -0.3 is 10.4 Å². The molecule has 1 rings (SSSR count). The maximum absolute atomic E-state index is 13.3. The molecule has 1 amide bonds. The molecule has 0 saturated heterocycles. The lowest BCUT2D eigenvalue weighted by atomic mass is 10.2. The largest absolute Gasteiger partial charge is 0.416 e. The number of benzene rings is 1. The summed E-state index contributed by atoms with van der Waals surface area (Å²) in [7, 11) is 0. The molecule has 0 saturated carbocycles. The molecule has 0 aliphatic heterocycles. The summed E-state index contributed by atoms with van der Waals surface area (Å²) in [4.78, 5) is 11.4. The molecule has 3 nitrogen and oxygen atoms in total. The van der Waals surface area contributed by atoms with Crippen molar-refractivity contribution >= 4 is 21.8 Å². The Labute approximate surface area is 108 Å². The molecule has 2 N–H and O–H groups in total. The highest BCUT2D eigenvalue weighted by Crippen LogP contribution is 2.19. The van der Waals surface area contributed by atoms with Gasteiger partial charge in [0, 0.05) is 4.47 Å². The second-order valence-electron chi connectivity index (χ2n) is 3.39. The van der Waals surface area contributed by atoms with E-state index >= 15 is 0 Å². The van der Waals surface area contributed by atoms with Crippen LogP contribution in [0.25, 0.3) is 0 Å². The molecule has 100 valence electrons. The zero-order valence-electron chi connectivity index (χ0n) is 8.76. The molecule has 1 aromatic carbocycles. The van der Waals surface area contributed by atoms with E-state index in [0.29, 0.717) is 4.47 Å². The number of rotatable bonds is 3. The average molecular weight is 330 g/mol. The van der Waals surface area contributed by atoms with Crippen LogP contribution in [0.1, 0.15) is 10.4 Å². The smallest absolute Gasteiger partial charge is 0.382 e. The summed E-state index contributed by atoms with van der Waals surface area (Å²) in [6, 6.07) is 3.50. The van der Waals surface area contributed by atoms with Crippen LogP contribution in [0.5, 0.6) is 0 Å². The Kier molecular flexibility index (Phi) is 4.69. The lowest BCUT2D eigenvalue weighted by Gasteiger charge is -2.15. The van der Waals surface area contributed by atoms with Gasteiger partial charge in [-0.15, -0.1) is 0 Å². The Hall–Kier alpha value is -1.15. The minimum atomic E-state index is -4.83. The van der Waals surface area contributed by atoms with Crippen LogP contribution in [0.3, 0.4) is 0 Å². The number of halogens is 5. The van der Waals surface area contributed by atoms with Crippen molar-refractivity contribution in [3.05, 3.63) is 34.1 Å². The van der Waals surface area contributed by atoms with Crippen molar-refractivity contribution in [1.82, 2.24) is 5.32 Å². The summed E-state index contributed by atoms with van der Waals surface area (Å²) in [6.07, 6.45) is -7.51. The van der Waals surface area contributed by atoms with Gasteiger partial charge in [0.1, 0.15) is 5.82 Å². The number of alkyl halides is 3. The van der Waals surface area contributed by atoms with Crippen LogP contribution in [0.15, 0.2) is 22.7 Å². The Bertz CT molecular complexity index is 450. The van der Waals surface area contributed by atoms with Gasteiger partial charge in [-0.05, 0) is 18.2 Å². The summed E-state index contributed by atoms with van der Waals surface area (Å²) >= 11 is 2.97. The third kappa shape index (κ3) is 3.95. The molecule has 0 spiro atoms. The summed E-state index contributed by atoms with van der Waals surface area (Å²) in [5.74, 6) is -1.90. The van der Waals surface area contributed by atoms with E-state index in [0.717, 1.165) is 12.1 Å². The van der Waals surface area contributed by atoms with E-state index < -0.39 is 36.1 Å². The quantitative estimate of drug-likeness (QED) is 0.835. The molecular weight excluding hydrogens is 322 g/mol. The zero-order chi connectivity index (χ0) is 13.9. The Balaban J connectivity index is 2.66. The highest BCUT2D eigenvalue weighted by molar-refractivity contribution is 9.10. The molecular formula is C10H8BrF4NO2. The number of hydrogen-bond donors (Lipinski definition) is 2. The molecule has 0 bridgehead atoms. The average Bonchev–Trinajstić information content (AvgIpc) is 2.24. The second-order valence-corrected chi connectivity index (χ2v) is 4.31. The highest BCUT2D eigenvalue weighted by atomic mass is 79.9. The maximum Gasteiger partial charge on any atom is 0.416 e. The number of carbonyl (C=O) groups excluding carboxylic acids is 1. The van der Waals surface area contributed by atoms with Crippen molar-refractivity contribution < 1.29 is 27.5 Å². The van der Waals surface area contributed by atoms with Gasteiger partial charge in [-0.2, -0.15) is 13.2 Å². The first kappa shape index (κ1) is 14.9. The first-order chi connectivity index (χ1) is 8.21. The number of carbonyl (C=O) groups is 1. The molecule has 18 heavy (non-hydrogen) atoms. The van der Waals surface area contributed by atoms with Crippen LogP contribution in [0.2, 0.25) is 0 Å². The molecule has 1 unspecified atom stereocenters.